The molecule has 0 radical (unpaired) electrons. The molecule has 0 unspecified atom stereocenters. The smallest absolute Gasteiger partial charge is 0.249 e. The zero-order valence-electron chi connectivity index (χ0n) is 23.7. The van der Waals surface area contributed by atoms with Crippen molar-refractivity contribution in [2.45, 2.75) is 45.8 Å². The van der Waals surface area contributed by atoms with E-state index in [4.69, 9.17) is 20.2 Å². The Balaban J connectivity index is 2.20. The van der Waals surface area contributed by atoms with Gasteiger partial charge in [-0.05, 0) is 35.1 Å². The zero-order valence-corrected chi connectivity index (χ0v) is 23.7. The lowest BCUT2D eigenvalue weighted by molar-refractivity contribution is -0.140. The van der Waals surface area contributed by atoms with Gasteiger partial charge in [0.15, 0.2) is 0 Å². The third-order valence-electron chi connectivity index (χ3n) is 6.60. The second kappa shape index (κ2) is 13.6. The van der Waals surface area contributed by atoms with Gasteiger partial charge in [0.1, 0.15) is 18.2 Å². The van der Waals surface area contributed by atoms with E-state index in [1.165, 1.54) is 19.2 Å². The van der Waals surface area contributed by atoms with Crippen LogP contribution in [0.3, 0.4) is 0 Å². The first-order chi connectivity index (χ1) is 18.6. The van der Waals surface area contributed by atoms with Crippen molar-refractivity contribution in [2.24, 2.45) is 11.1 Å². The maximum absolute atomic E-state index is 14.4. The number of carbonyl (C=O) groups is 1. The lowest BCUT2D eigenvalue weighted by atomic mass is 9.84. The van der Waals surface area contributed by atoms with Crippen LogP contribution in [0.2, 0.25) is 0 Å². The van der Waals surface area contributed by atoms with E-state index < -0.39 is 11.5 Å². The van der Waals surface area contributed by atoms with Crippen LogP contribution in [-0.2, 0) is 20.8 Å². The molecule has 2 atom stereocenters. The summed E-state index contributed by atoms with van der Waals surface area (Å²) in [5.74, 6) is 0.187. The van der Waals surface area contributed by atoms with Gasteiger partial charge in [0.25, 0.3) is 0 Å². The summed E-state index contributed by atoms with van der Waals surface area (Å²) in [6, 6.07) is 14.0. The summed E-state index contributed by atoms with van der Waals surface area (Å²) >= 11 is 0. The van der Waals surface area contributed by atoms with Crippen molar-refractivity contribution < 1.29 is 18.7 Å². The molecule has 0 aliphatic carbocycles. The van der Waals surface area contributed by atoms with Crippen LogP contribution in [-0.4, -0.2) is 60.4 Å². The van der Waals surface area contributed by atoms with E-state index in [1.807, 2.05) is 41.4 Å². The van der Waals surface area contributed by atoms with Gasteiger partial charge < -0.3 is 24.7 Å². The molecule has 0 saturated heterocycles. The SMILES string of the molecule is C=Cc1ccc(F)cc1-c1cn(Cc2ccccc2)c([C@H](N(CC[C@H](N)COC)C(=O)COC)C(C)(C)C)n1. The first kappa shape index (κ1) is 30.2. The Morgan fingerprint density at radius 2 is 1.90 bits per heavy atom. The van der Waals surface area contributed by atoms with E-state index in [2.05, 4.69) is 31.9 Å². The van der Waals surface area contributed by atoms with Crippen LogP contribution in [0.4, 0.5) is 4.39 Å². The minimum Gasteiger partial charge on any atom is -0.383 e. The van der Waals surface area contributed by atoms with E-state index in [-0.39, 0.29) is 24.4 Å². The highest BCUT2D eigenvalue weighted by Crippen LogP contribution is 2.39. The molecule has 1 amide bonds. The lowest BCUT2D eigenvalue weighted by Crippen LogP contribution is -2.46. The minimum absolute atomic E-state index is 0.0666. The maximum Gasteiger partial charge on any atom is 0.249 e. The molecule has 8 heteroatoms. The number of halogens is 1. The van der Waals surface area contributed by atoms with Crippen LogP contribution >= 0.6 is 0 Å². The molecule has 0 saturated carbocycles. The molecule has 39 heavy (non-hydrogen) atoms. The third kappa shape index (κ3) is 7.85. The number of hydrogen-bond acceptors (Lipinski definition) is 5. The van der Waals surface area contributed by atoms with Crippen LogP contribution in [0.5, 0.6) is 0 Å². The summed E-state index contributed by atoms with van der Waals surface area (Å²) in [5.41, 5.74) is 8.95. The van der Waals surface area contributed by atoms with Gasteiger partial charge >= 0.3 is 0 Å². The molecule has 210 valence electrons. The molecule has 3 rings (SSSR count). The molecule has 0 spiro atoms. The van der Waals surface area contributed by atoms with E-state index in [1.54, 1.807) is 19.3 Å². The van der Waals surface area contributed by atoms with Gasteiger partial charge in [0, 0.05) is 45.1 Å². The van der Waals surface area contributed by atoms with Crippen molar-refractivity contribution in [3.8, 4) is 11.3 Å². The number of nitrogens with two attached hydrogens (primary N) is 1. The van der Waals surface area contributed by atoms with Crippen molar-refractivity contribution in [3.63, 3.8) is 0 Å². The number of methoxy groups -OCH3 is 2. The molecule has 0 bridgehead atoms. The fourth-order valence-corrected chi connectivity index (χ4v) is 4.81. The normalized spacial score (nSPS) is 13.2. The number of imidazole rings is 1. The second-order valence-corrected chi connectivity index (χ2v) is 10.8. The van der Waals surface area contributed by atoms with Gasteiger partial charge in [0.2, 0.25) is 5.91 Å². The van der Waals surface area contributed by atoms with Gasteiger partial charge in [-0.15, -0.1) is 0 Å². The molecule has 1 aromatic heterocycles. The zero-order chi connectivity index (χ0) is 28.6. The lowest BCUT2D eigenvalue weighted by Gasteiger charge is -2.40. The number of amides is 1. The van der Waals surface area contributed by atoms with Crippen molar-refractivity contribution in [3.05, 3.63) is 84.1 Å². The molecule has 0 fully saturated rings. The average molecular weight is 537 g/mol. The van der Waals surface area contributed by atoms with Crippen LogP contribution in [0.1, 0.15) is 50.2 Å². The maximum atomic E-state index is 14.4. The van der Waals surface area contributed by atoms with Crippen molar-refractivity contribution in [1.82, 2.24) is 14.5 Å². The highest BCUT2D eigenvalue weighted by molar-refractivity contribution is 5.78. The van der Waals surface area contributed by atoms with Crippen LogP contribution < -0.4 is 5.73 Å². The summed E-state index contributed by atoms with van der Waals surface area (Å²) in [6.45, 7) is 11.4. The fourth-order valence-electron chi connectivity index (χ4n) is 4.81. The third-order valence-corrected chi connectivity index (χ3v) is 6.60. The number of carbonyl (C=O) groups excluding carboxylic acids is 1. The molecule has 1 heterocycles. The molecule has 2 N–H and O–H groups in total. The van der Waals surface area contributed by atoms with Crippen LogP contribution in [0, 0.1) is 11.2 Å². The van der Waals surface area contributed by atoms with Crippen molar-refractivity contribution in [2.75, 3.05) is 34.0 Å². The number of hydrogen-bond donors (Lipinski definition) is 1. The average Bonchev–Trinajstić information content (AvgIpc) is 3.29. The number of benzene rings is 2. The predicted molar refractivity (Wildman–Crippen MR) is 154 cm³/mol. The monoisotopic (exact) mass is 536 g/mol. The van der Waals surface area contributed by atoms with Gasteiger partial charge in [-0.25, -0.2) is 9.37 Å². The molecule has 2 aromatic carbocycles. The first-order valence-electron chi connectivity index (χ1n) is 13.1. The Morgan fingerprint density at radius 1 is 1.18 bits per heavy atom. The fraction of sp³-hybridized carbons (Fsp3) is 0.419. The molecule has 0 aliphatic heterocycles. The highest BCUT2D eigenvalue weighted by Gasteiger charge is 2.38. The van der Waals surface area contributed by atoms with E-state index in [0.717, 1.165) is 11.1 Å². The van der Waals surface area contributed by atoms with Crippen LogP contribution in [0.25, 0.3) is 17.3 Å². The van der Waals surface area contributed by atoms with Crippen molar-refractivity contribution in [1.29, 1.82) is 0 Å². The number of ether oxygens (including phenoxy) is 2. The molecule has 0 aliphatic rings. The Hall–Kier alpha value is -3.33. The Bertz CT molecular complexity index is 1240. The summed E-state index contributed by atoms with van der Waals surface area (Å²) in [5, 5.41) is 0. The molecular formula is C31H41FN4O3. The van der Waals surface area contributed by atoms with Gasteiger partial charge in [-0.3, -0.25) is 4.79 Å². The summed E-state index contributed by atoms with van der Waals surface area (Å²) in [6.07, 6.45) is 4.17. The Morgan fingerprint density at radius 3 is 2.51 bits per heavy atom. The number of aromatic nitrogens is 2. The highest BCUT2D eigenvalue weighted by atomic mass is 19.1. The molecule has 7 nitrogen and oxygen atoms in total. The summed E-state index contributed by atoms with van der Waals surface area (Å²) in [4.78, 5) is 20.4. The van der Waals surface area contributed by atoms with Crippen LogP contribution in [0.15, 0.2) is 61.3 Å². The number of rotatable bonds is 13. The summed E-state index contributed by atoms with van der Waals surface area (Å²) < 4.78 is 26.9. The van der Waals surface area contributed by atoms with E-state index >= 15 is 0 Å². The van der Waals surface area contributed by atoms with Gasteiger partial charge in [0.05, 0.1) is 18.3 Å². The van der Waals surface area contributed by atoms with Gasteiger partial charge in [-0.1, -0.05) is 69.8 Å². The Kier molecular flexibility index (Phi) is 10.6. The molecule has 3 aromatic rings. The van der Waals surface area contributed by atoms with Gasteiger partial charge in [-0.2, -0.15) is 0 Å². The van der Waals surface area contributed by atoms with Crippen molar-refractivity contribution >= 4 is 12.0 Å². The van der Waals surface area contributed by atoms with E-state index in [9.17, 15) is 9.18 Å². The standard InChI is InChI=1S/C31H41FN4O3/c1-7-23-13-14-24(32)17-26(23)27-19-35(18-22-11-9-8-10-12-22)30(34-27)29(31(2,3)4)36(28(37)21-39-6)16-15-25(33)20-38-5/h7-14,17,19,25,29H,1,15-16,18,20-21,33H2,2-6H3/t25-,29-/m0/s1. The Labute approximate surface area is 231 Å². The topological polar surface area (TPSA) is 82.6 Å². The number of nitrogens with zero attached hydrogens (tertiary/aromatic N) is 3. The second-order valence-electron chi connectivity index (χ2n) is 10.8. The molecular weight excluding hydrogens is 495 g/mol. The quantitative estimate of drug-likeness (QED) is 0.320. The predicted octanol–water partition coefficient (Wildman–Crippen LogP) is 5.31. The minimum atomic E-state index is -0.423. The summed E-state index contributed by atoms with van der Waals surface area (Å²) in [7, 11) is 3.12. The first-order valence-corrected chi connectivity index (χ1v) is 13.1. The largest absolute Gasteiger partial charge is 0.383 e. The van der Waals surface area contributed by atoms with E-state index in [0.29, 0.717) is 43.2 Å².